The van der Waals surface area contributed by atoms with Gasteiger partial charge in [0, 0.05) is 5.69 Å². The van der Waals surface area contributed by atoms with Gasteiger partial charge in [0.1, 0.15) is 12.4 Å². The molecule has 4 nitrogen and oxygen atoms in total. The Morgan fingerprint density at radius 2 is 1.91 bits per heavy atom. The van der Waals surface area contributed by atoms with Gasteiger partial charge in [-0.2, -0.15) is 0 Å². The maximum absolute atomic E-state index is 11.8. The van der Waals surface area contributed by atoms with Crippen LogP contribution in [0.5, 0.6) is 5.75 Å². The zero-order chi connectivity index (χ0) is 16.7. The van der Waals surface area contributed by atoms with Crippen LogP contribution in [0.1, 0.15) is 30.9 Å². The minimum absolute atomic E-state index is 0.227. The van der Waals surface area contributed by atoms with Crippen LogP contribution in [-0.2, 0) is 0 Å². The van der Waals surface area contributed by atoms with Crippen molar-refractivity contribution >= 4 is 11.7 Å². The first-order chi connectivity index (χ1) is 11.0. The highest BCUT2D eigenvalue weighted by Crippen LogP contribution is 2.19. The minimum atomic E-state index is -0.227. The van der Waals surface area contributed by atoms with Crippen LogP contribution in [0.3, 0.4) is 0 Å². The Balaban J connectivity index is 1.73. The van der Waals surface area contributed by atoms with Crippen molar-refractivity contribution in [2.45, 2.75) is 26.7 Å². The van der Waals surface area contributed by atoms with Crippen molar-refractivity contribution < 1.29 is 9.53 Å². The Morgan fingerprint density at radius 1 is 1.13 bits per heavy atom. The van der Waals surface area contributed by atoms with Crippen LogP contribution in [0.15, 0.2) is 48.5 Å². The van der Waals surface area contributed by atoms with E-state index in [4.69, 9.17) is 4.74 Å². The van der Waals surface area contributed by atoms with Crippen molar-refractivity contribution in [1.29, 1.82) is 0 Å². The Bertz CT molecular complexity index is 653. The molecule has 122 valence electrons. The summed E-state index contributed by atoms with van der Waals surface area (Å²) < 4.78 is 5.67. The van der Waals surface area contributed by atoms with Gasteiger partial charge in [0.15, 0.2) is 0 Å². The van der Waals surface area contributed by atoms with Gasteiger partial charge in [-0.1, -0.05) is 38.1 Å². The number of benzene rings is 2. The van der Waals surface area contributed by atoms with Crippen LogP contribution >= 0.6 is 0 Å². The van der Waals surface area contributed by atoms with Gasteiger partial charge in [-0.15, -0.1) is 0 Å². The summed E-state index contributed by atoms with van der Waals surface area (Å²) in [5.41, 5.74) is 3.14. The maximum atomic E-state index is 11.8. The first-order valence-corrected chi connectivity index (χ1v) is 7.89. The van der Waals surface area contributed by atoms with Gasteiger partial charge in [0.2, 0.25) is 0 Å². The number of rotatable bonds is 6. The van der Waals surface area contributed by atoms with Gasteiger partial charge < -0.3 is 15.4 Å². The molecule has 0 aromatic heterocycles. The minimum Gasteiger partial charge on any atom is -0.492 e. The van der Waals surface area contributed by atoms with E-state index in [-0.39, 0.29) is 6.03 Å². The second kappa shape index (κ2) is 8.22. The summed E-state index contributed by atoms with van der Waals surface area (Å²) in [5.74, 6) is 1.30. The Morgan fingerprint density at radius 3 is 2.65 bits per heavy atom. The molecule has 2 aromatic rings. The van der Waals surface area contributed by atoms with Crippen molar-refractivity contribution in [3.05, 3.63) is 59.7 Å². The summed E-state index contributed by atoms with van der Waals surface area (Å²) in [6.07, 6.45) is 0. The Hall–Kier alpha value is -2.49. The molecule has 0 atom stereocenters. The van der Waals surface area contributed by atoms with E-state index in [0.717, 1.165) is 17.0 Å². The quantitative estimate of drug-likeness (QED) is 0.781. The van der Waals surface area contributed by atoms with Gasteiger partial charge in [-0.3, -0.25) is 0 Å². The molecule has 2 rings (SSSR count). The fraction of sp³-hybridized carbons (Fsp3) is 0.316. The molecule has 0 fully saturated rings. The first kappa shape index (κ1) is 16.9. The van der Waals surface area contributed by atoms with Crippen LogP contribution in [0.2, 0.25) is 0 Å². The maximum Gasteiger partial charge on any atom is 0.319 e. The molecule has 0 heterocycles. The standard InChI is InChI=1S/C19H24N2O2/c1-14(2)16-7-5-9-18(13-16)23-11-10-20-19(22)21-17-8-4-6-15(3)12-17/h4-9,12-14H,10-11H2,1-3H3,(H2,20,21,22). The van der Waals surface area contributed by atoms with E-state index >= 15 is 0 Å². The topological polar surface area (TPSA) is 50.4 Å². The third-order valence-electron chi connectivity index (χ3n) is 3.46. The van der Waals surface area contributed by atoms with Gasteiger partial charge >= 0.3 is 6.03 Å². The zero-order valence-corrected chi connectivity index (χ0v) is 13.9. The monoisotopic (exact) mass is 312 g/mol. The molecule has 0 aliphatic heterocycles. The first-order valence-electron chi connectivity index (χ1n) is 7.89. The van der Waals surface area contributed by atoms with E-state index in [9.17, 15) is 4.79 Å². The van der Waals surface area contributed by atoms with E-state index in [0.29, 0.717) is 19.1 Å². The zero-order valence-electron chi connectivity index (χ0n) is 13.9. The molecule has 0 saturated heterocycles. The summed E-state index contributed by atoms with van der Waals surface area (Å²) in [6.45, 7) is 7.17. The lowest BCUT2D eigenvalue weighted by atomic mass is 10.0. The molecule has 0 radical (unpaired) electrons. The number of hydrogen-bond donors (Lipinski definition) is 2. The third kappa shape index (κ3) is 5.66. The summed E-state index contributed by atoms with van der Waals surface area (Å²) >= 11 is 0. The fourth-order valence-electron chi connectivity index (χ4n) is 2.20. The van der Waals surface area contributed by atoms with Crippen LogP contribution in [0.4, 0.5) is 10.5 Å². The van der Waals surface area contributed by atoms with Crippen molar-refractivity contribution in [2.75, 3.05) is 18.5 Å². The number of hydrogen-bond acceptors (Lipinski definition) is 2. The fourth-order valence-corrected chi connectivity index (χ4v) is 2.20. The van der Waals surface area contributed by atoms with Crippen molar-refractivity contribution in [1.82, 2.24) is 5.32 Å². The van der Waals surface area contributed by atoms with Crippen LogP contribution < -0.4 is 15.4 Å². The summed E-state index contributed by atoms with van der Waals surface area (Å²) in [4.78, 5) is 11.8. The molecule has 0 spiro atoms. The highest BCUT2D eigenvalue weighted by Gasteiger charge is 2.03. The lowest BCUT2D eigenvalue weighted by molar-refractivity contribution is 0.247. The molecule has 2 amide bonds. The number of carbonyl (C=O) groups is 1. The lowest BCUT2D eigenvalue weighted by Gasteiger charge is -2.11. The van der Waals surface area contributed by atoms with E-state index in [2.05, 4.69) is 30.5 Å². The molecule has 0 saturated carbocycles. The largest absolute Gasteiger partial charge is 0.492 e. The predicted molar refractivity (Wildman–Crippen MR) is 94.2 cm³/mol. The Labute approximate surface area is 137 Å². The van der Waals surface area contributed by atoms with E-state index < -0.39 is 0 Å². The van der Waals surface area contributed by atoms with E-state index in [1.54, 1.807) is 0 Å². The van der Waals surface area contributed by atoms with Gasteiger partial charge in [0.05, 0.1) is 6.54 Å². The molecular weight excluding hydrogens is 288 g/mol. The molecule has 2 N–H and O–H groups in total. The number of carbonyl (C=O) groups excluding carboxylic acids is 1. The van der Waals surface area contributed by atoms with Gasteiger partial charge in [0.25, 0.3) is 0 Å². The van der Waals surface area contributed by atoms with E-state index in [1.807, 2.05) is 49.4 Å². The highest BCUT2D eigenvalue weighted by molar-refractivity contribution is 5.89. The SMILES string of the molecule is Cc1cccc(NC(=O)NCCOc2cccc(C(C)C)c2)c1. The van der Waals surface area contributed by atoms with Gasteiger partial charge in [-0.05, 0) is 48.2 Å². The second-order valence-electron chi connectivity index (χ2n) is 5.83. The number of nitrogens with one attached hydrogen (secondary N) is 2. The van der Waals surface area contributed by atoms with Crippen LogP contribution in [0, 0.1) is 6.92 Å². The number of urea groups is 1. The van der Waals surface area contributed by atoms with Crippen LogP contribution in [0.25, 0.3) is 0 Å². The average molecular weight is 312 g/mol. The normalized spacial score (nSPS) is 10.4. The predicted octanol–water partition coefficient (Wildman–Crippen LogP) is 4.32. The Kier molecular flexibility index (Phi) is 6.03. The molecule has 23 heavy (non-hydrogen) atoms. The smallest absolute Gasteiger partial charge is 0.319 e. The van der Waals surface area contributed by atoms with Gasteiger partial charge in [-0.25, -0.2) is 4.79 Å². The molecule has 4 heteroatoms. The number of anilines is 1. The summed E-state index contributed by atoms with van der Waals surface area (Å²) in [5, 5.41) is 5.58. The second-order valence-corrected chi connectivity index (χ2v) is 5.83. The van der Waals surface area contributed by atoms with Crippen molar-refractivity contribution in [2.24, 2.45) is 0 Å². The summed E-state index contributed by atoms with van der Waals surface area (Å²) in [7, 11) is 0. The highest BCUT2D eigenvalue weighted by atomic mass is 16.5. The van der Waals surface area contributed by atoms with Crippen molar-refractivity contribution in [3.63, 3.8) is 0 Å². The number of amides is 2. The summed E-state index contributed by atoms with van der Waals surface area (Å²) in [6, 6.07) is 15.5. The van der Waals surface area contributed by atoms with E-state index in [1.165, 1.54) is 5.56 Å². The molecule has 2 aromatic carbocycles. The van der Waals surface area contributed by atoms with Crippen molar-refractivity contribution in [3.8, 4) is 5.75 Å². The average Bonchev–Trinajstić information content (AvgIpc) is 2.52. The number of ether oxygens (including phenoxy) is 1. The van der Waals surface area contributed by atoms with Crippen LogP contribution in [-0.4, -0.2) is 19.2 Å². The molecule has 0 aliphatic carbocycles. The molecular formula is C19H24N2O2. The number of aryl methyl sites for hydroxylation is 1. The molecule has 0 bridgehead atoms. The lowest BCUT2D eigenvalue weighted by Crippen LogP contribution is -2.32. The third-order valence-corrected chi connectivity index (χ3v) is 3.46. The molecule has 0 aliphatic rings. The molecule has 0 unspecified atom stereocenters.